The second-order valence-corrected chi connectivity index (χ2v) is 7.47. The molecule has 1 aromatic rings. The molecule has 1 amide bonds. The van der Waals surface area contributed by atoms with Crippen molar-refractivity contribution in [2.24, 2.45) is 11.1 Å². The van der Waals surface area contributed by atoms with Gasteiger partial charge in [-0.3, -0.25) is 9.69 Å². The molecule has 0 aromatic heterocycles. The van der Waals surface area contributed by atoms with Gasteiger partial charge in [-0.25, -0.2) is 0 Å². The fraction of sp³-hybridized carbons (Fsp3) is 0.650. The number of nitrogens with one attached hydrogen (secondary N) is 1. The van der Waals surface area contributed by atoms with Crippen LogP contribution in [0.5, 0.6) is 0 Å². The topological polar surface area (TPSA) is 67.6 Å². The van der Waals surface area contributed by atoms with Crippen LogP contribution in [0.25, 0.3) is 0 Å². The largest absolute Gasteiger partial charge is 0.381 e. The van der Waals surface area contributed by atoms with Crippen LogP contribution in [-0.2, 0) is 9.53 Å². The van der Waals surface area contributed by atoms with E-state index >= 15 is 0 Å². The lowest BCUT2D eigenvalue weighted by atomic mass is 9.79. The van der Waals surface area contributed by atoms with Gasteiger partial charge in [-0.05, 0) is 38.2 Å². The lowest BCUT2D eigenvalue weighted by molar-refractivity contribution is -0.137. The summed E-state index contributed by atoms with van der Waals surface area (Å²) in [7, 11) is 0. The Hall–Kier alpha value is -0.850. The quantitative estimate of drug-likeness (QED) is 0.772. The van der Waals surface area contributed by atoms with Crippen molar-refractivity contribution in [3.63, 3.8) is 0 Å². The van der Waals surface area contributed by atoms with Gasteiger partial charge in [0.25, 0.3) is 0 Å². The number of halogens is 2. The van der Waals surface area contributed by atoms with Crippen molar-refractivity contribution in [2.75, 3.05) is 32.8 Å². The Morgan fingerprint density at radius 2 is 1.81 bits per heavy atom. The molecule has 3 N–H and O–H groups in total. The third-order valence-electron chi connectivity index (χ3n) is 6.02. The zero-order valence-corrected chi connectivity index (χ0v) is 17.7. The van der Waals surface area contributed by atoms with Crippen molar-refractivity contribution in [3.8, 4) is 0 Å². The molecule has 1 unspecified atom stereocenters. The van der Waals surface area contributed by atoms with E-state index in [1.807, 2.05) is 0 Å². The van der Waals surface area contributed by atoms with Crippen LogP contribution >= 0.6 is 24.8 Å². The molecule has 1 aromatic carbocycles. The molecule has 0 bridgehead atoms. The predicted octanol–water partition coefficient (Wildman–Crippen LogP) is 2.93. The van der Waals surface area contributed by atoms with Crippen molar-refractivity contribution in [1.82, 2.24) is 10.2 Å². The fourth-order valence-electron chi connectivity index (χ4n) is 4.00. The fourth-order valence-corrected chi connectivity index (χ4v) is 4.00. The molecule has 2 heterocycles. The molecular weight excluding hydrogens is 385 g/mol. The Morgan fingerprint density at radius 1 is 1.22 bits per heavy atom. The van der Waals surface area contributed by atoms with Crippen molar-refractivity contribution < 1.29 is 9.53 Å². The van der Waals surface area contributed by atoms with Crippen LogP contribution in [0.4, 0.5) is 0 Å². The van der Waals surface area contributed by atoms with E-state index < -0.39 is 5.41 Å². The molecule has 0 aliphatic carbocycles. The van der Waals surface area contributed by atoms with E-state index in [1.165, 1.54) is 5.56 Å². The molecule has 1 atom stereocenters. The van der Waals surface area contributed by atoms with Crippen LogP contribution in [0.3, 0.4) is 0 Å². The highest BCUT2D eigenvalue weighted by molar-refractivity contribution is 5.85. The van der Waals surface area contributed by atoms with Crippen LogP contribution in [0, 0.1) is 5.41 Å². The normalized spacial score (nSPS) is 21.4. The summed E-state index contributed by atoms with van der Waals surface area (Å²) in [5.74, 6) is 0.132. The van der Waals surface area contributed by atoms with Crippen LogP contribution in [0.15, 0.2) is 30.3 Å². The molecule has 2 saturated heterocycles. The first-order valence-corrected chi connectivity index (χ1v) is 9.52. The zero-order chi connectivity index (χ0) is 17.7. The maximum absolute atomic E-state index is 12.8. The lowest BCUT2D eigenvalue weighted by Crippen LogP contribution is -2.53. The first kappa shape index (κ1) is 24.2. The number of nitrogens with zero attached hydrogens (tertiary/aromatic N) is 1. The Bertz CT molecular complexity index is 560. The maximum Gasteiger partial charge on any atom is 0.227 e. The molecule has 27 heavy (non-hydrogen) atoms. The molecule has 0 radical (unpaired) electrons. The van der Waals surface area contributed by atoms with E-state index in [0.717, 1.165) is 38.8 Å². The monoisotopic (exact) mass is 417 g/mol. The minimum absolute atomic E-state index is 0. The molecule has 0 spiro atoms. The van der Waals surface area contributed by atoms with Gasteiger partial charge in [0.15, 0.2) is 0 Å². The SMILES string of the molecule is CC(c1ccccc1)N1CCC(NC(=O)C2(CN)CCOCC2)CC1.Cl.Cl. The minimum Gasteiger partial charge on any atom is -0.381 e. The Balaban J connectivity index is 0.00000182. The first-order valence-electron chi connectivity index (χ1n) is 9.52. The summed E-state index contributed by atoms with van der Waals surface area (Å²) in [5, 5.41) is 3.28. The standard InChI is InChI=1S/C20H31N3O2.2ClH/c1-16(17-5-3-2-4-6-17)23-11-7-18(8-12-23)22-19(24)20(15-21)9-13-25-14-10-20;;/h2-6,16,18H,7-15,21H2,1H3,(H,22,24);2*1H. The van der Waals surface area contributed by atoms with E-state index in [2.05, 4.69) is 47.5 Å². The van der Waals surface area contributed by atoms with Crippen LogP contribution in [0.2, 0.25) is 0 Å². The number of benzene rings is 1. The molecule has 2 aliphatic rings. The number of piperidine rings is 1. The second kappa shape index (κ2) is 11.2. The summed E-state index contributed by atoms with van der Waals surface area (Å²) in [6.07, 6.45) is 3.47. The Morgan fingerprint density at radius 3 is 2.37 bits per heavy atom. The second-order valence-electron chi connectivity index (χ2n) is 7.47. The molecule has 7 heteroatoms. The minimum atomic E-state index is -0.424. The van der Waals surface area contributed by atoms with Gasteiger partial charge in [0.1, 0.15) is 0 Å². The van der Waals surface area contributed by atoms with Crippen molar-refractivity contribution in [2.45, 2.75) is 44.7 Å². The number of nitrogens with two attached hydrogens (primary N) is 1. The van der Waals surface area contributed by atoms with Gasteiger partial charge >= 0.3 is 0 Å². The molecule has 3 rings (SSSR count). The van der Waals surface area contributed by atoms with E-state index in [9.17, 15) is 4.79 Å². The highest BCUT2D eigenvalue weighted by atomic mass is 35.5. The van der Waals surface area contributed by atoms with Crippen molar-refractivity contribution >= 4 is 30.7 Å². The zero-order valence-electron chi connectivity index (χ0n) is 16.1. The molecule has 154 valence electrons. The number of hydrogen-bond donors (Lipinski definition) is 2. The number of rotatable bonds is 5. The number of ether oxygens (including phenoxy) is 1. The summed E-state index contributed by atoms with van der Waals surface area (Å²) in [6.45, 7) is 5.97. The van der Waals surface area contributed by atoms with Crippen LogP contribution in [0.1, 0.15) is 44.2 Å². The van der Waals surface area contributed by atoms with Gasteiger partial charge < -0.3 is 15.8 Å². The van der Waals surface area contributed by atoms with E-state index in [0.29, 0.717) is 25.8 Å². The summed E-state index contributed by atoms with van der Waals surface area (Å²) in [6, 6.07) is 11.3. The van der Waals surface area contributed by atoms with E-state index in [4.69, 9.17) is 10.5 Å². The summed E-state index contributed by atoms with van der Waals surface area (Å²) in [5.41, 5.74) is 6.88. The molecule has 0 saturated carbocycles. The van der Waals surface area contributed by atoms with Gasteiger partial charge in [-0.1, -0.05) is 30.3 Å². The van der Waals surface area contributed by atoms with Crippen molar-refractivity contribution in [1.29, 1.82) is 0 Å². The molecule has 2 aliphatic heterocycles. The molecule has 2 fully saturated rings. The summed E-state index contributed by atoms with van der Waals surface area (Å²) >= 11 is 0. The number of amides is 1. The highest BCUT2D eigenvalue weighted by Gasteiger charge is 2.39. The van der Waals surface area contributed by atoms with E-state index in [-0.39, 0.29) is 36.8 Å². The predicted molar refractivity (Wildman–Crippen MR) is 114 cm³/mol. The summed E-state index contributed by atoms with van der Waals surface area (Å²) in [4.78, 5) is 15.3. The maximum atomic E-state index is 12.8. The third kappa shape index (κ3) is 5.81. The number of likely N-dealkylation sites (tertiary alicyclic amines) is 1. The Labute approximate surface area is 175 Å². The summed E-state index contributed by atoms with van der Waals surface area (Å²) < 4.78 is 5.41. The smallest absolute Gasteiger partial charge is 0.227 e. The first-order chi connectivity index (χ1) is 12.1. The number of hydrogen-bond acceptors (Lipinski definition) is 4. The number of carbonyl (C=O) groups excluding carboxylic acids is 1. The van der Waals surface area contributed by atoms with Gasteiger partial charge in [0, 0.05) is 44.9 Å². The highest BCUT2D eigenvalue weighted by Crippen LogP contribution is 2.30. The van der Waals surface area contributed by atoms with Crippen LogP contribution < -0.4 is 11.1 Å². The van der Waals surface area contributed by atoms with Gasteiger partial charge in [0.05, 0.1) is 5.41 Å². The van der Waals surface area contributed by atoms with Crippen LogP contribution in [-0.4, -0.2) is 49.7 Å². The third-order valence-corrected chi connectivity index (χ3v) is 6.02. The Kier molecular flexibility index (Phi) is 10.1. The van der Waals surface area contributed by atoms with Crippen molar-refractivity contribution in [3.05, 3.63) is 35.9 Å². The molecule has 5 nitrogen and oxygen atoms in total. The number of carbonyl (C=O) groups is 1. The van der Waals surface area contributed by atoms with E-state index in [1.54, 1.807) is 0 Å². The molecular formula is C20H33Cl2N3O2. The lowest BCUT2D eigenvalue weighted by Gasteiger charge is -2.39. The average molecular weight is 418 g/mol. The average Bonchev–Trinajstić information content (AvgIpc) is 2.69. The van der Waals surface area contributed by atoms with Gasteiger partial charge in [0.2, 0.25) is 5.91 Å². The van der Waals surface area contributed by atoms with Gasteiger partial charge in [-0.15, -0.1) is 24.8 Å². The van der Waals surface area contributed by atoms with Gasteiger partial charge in [-0.2, -0.15) is 0 Å².